The second-order valence-corrected chi connectivity index (χ2v) is 9.31. The van der Waals surface area contributed by atoms with Crippen molar-refractivity contribution >= 4 is 32.6 Å². The minimum absolute atomic E-state index is 0.111. The van der Waals surface area contributed by atoms with E-state index in [0.717, 1.165) is 60.9 Å². The van der Waals surface area contributed by atoms with Gasteiger partial charge in [-0.15, -0.1) is 0 Å². The van der Waals surface area contributed by atoms with Crippen LogP contribution >= 0.6 is 11.3 Å². The number of carbonyl (C=O) groups excluding carboxylic acids is 1. The van der Waals surface area contributed by atoms with Crippen LogP contribution in [0.15, 0.2) is 24.3 Å². The molecule has 0 radical (unpaired) electrons. The molecule has 1 fully saturated rings. The van der Waals surface area contributed by atoms with Crippen molar-refractivity contribution in [2.45, 2.75) is 33.2 Å². The van der Waals surface area contributed by atoms with Crippen molar-refractivity contribution < 1.29 is 14.3 Å². The Kier molecular flexibility index (Phi) is 7.07. The summed E-state index contributed by atoms with van der Waals surface area (Å²) in [6.45, 7) is 11.0. The van der Waals surface area contributed by atoms with Crippen LogP contribution in [0.5, 0.6) is 5.75 Å². The number of rotatable bonds is 8. The SMILES string of the molecule is COc1ccc2nc(N(CCCN3CCOCC3)C(=O)c3cc(C)n(C(C)C)n3)sc2c1. The highest BCUT2D eigenvalue weighted by Crippen LogP contribution is 2.32. The second kappa shape index (κ2) is 9.97. The summed E-state index contributed by atoms with van der Waals surface area (Å²) >= 11 is 1.51. The van der Waals surface area contributed by atoms with Gasteiger partial charge in [0.05, 0.1) is 30.5 Å². The highest BCUT2D eigenvalue weighted by Gasteiger charge is 2.25. The first-order chi connectivity index (χ1) is 15.5. The van der Waals surface area contributed by atoms with Gasteiger partial charge in [0.1, 0.15) is 5.75 Å². The van der Waals surface area contributed by atoms with Crippen LogP contribution in [0.25, 0.3) is 10.2 Å². The van der Waals surface area contributed by atoms with E-state index < -0.39 is 0 Å². The molecule has 0 saturated carbocycles. The number of ether oxygens (including phenoxy) is 2. The Morgan fingerprint density at radius 1 is 1.28 bits per heavy atom. The Hall–Kier alpha value is -2.49. The molecule has 0 N–H and O–H groups in total. The predicted molar refractivity (Wildman–Crippen MR) is 127 cm³/mol. The molecule has 1 aliphatic heterocycles. The van der Waals surface area contributed by atoms with E-state index in [9.17, 15) is 4.79 Å². The van der Waals surface area contributed by atoms with E-state index in [0.29, 0.717) is 17.4 Å². The molecule has 2 aromatic heterocycles. The van der Waals surface area contributed by atoms with Crippen molar-refractivity contribution in [3.8, 4) is 5.75 Å². The quantitative estimate of drug-likeness (QED) is 0.513. The van der Waals surface area contributed by atoms with Crippen LogP contribution in [-0.2, 0) is 4.74 Å². The van der Waals surface area contributed by atoms with Gasteiger partial charge in [0, 0.05) is 37.9 Å². The van der Waals surface area contributed by atoms with Gasteiger partial charge in [-0.25, -0.2) is 4.98 Å². The third-order valence-corrected chi connectivity index (χ3v) is 6.69. The van der Waals surface area contributed by atoms with Crippen molar-refractivity contribution in [3.05, 3.63) is 35.7 Å². The molecular formula is C23H31N5O3S. The van der Waals surface area contributed by atoms with Gasteiger partial charge in [0.2, 0.25) is 0 Å². The third kappa shape index (κ3) is 4.95. The van der Waals surface area contributed by atoms with Crippen LogP contribution in [0.2, 0.25) is 0 Å². The number of morpholine rings is 1. The standard InChI is InChI=1S/C23H31N5O3S/c1-16(2)28-17(3)14-20(25-28)22(29)27(9-5-8-26-10-12-31-13-11-26)23-24-19-7-6-18(30-4)15-21(19)32-23/h6-7,14-16H,5,8-13H2,1-4H3. The lowest BCUT2D eigenvalue weighted by Gasteiger charge is -2.27. The van der Waals surface area contributed by atoms with Crippen molar-refractivity contribution in [2.75, 3.05) is 51.4 Å². The number of nitrogens with zero attached hydrogens (tertiary/aromatic N) is 5. The number of thiazole rings is 1. The number of fused-ring (bicyclic) bond motifs is 1. The summed E-state index contributed by atoms with van der Waals surface area (Å²) in [6, 6.07) is 7.85. The lowest BCUT2D eigenvalue weighted by atomic mass is 10.3. The number of hydrogen-bond acceptors (Lipinski definition) is 7. The van der Waals surface area contributed by atoms with Gasteiger partial charge in [0.25, 0.3) is 5.91 Å². The molecule has 0 bridgehead atoms. The minimum Gasteiger partial charge on any atom is -0.497 e. The maximum absolute atomic E-state index is 13.6. The zero-order valence-electron chi connectivity index (χ0n) is 19.2. The van der Waals surface area contributed by atoms with Gasteiger partial charge in [0.15, 0.2) is 10.8 Å². The number of methoxy groups -OCH3 is 1. The zero-order valence-corrected chi connectivity index (χ0v) is 20.0. The molecule has 1 amide bonds. The number of aryl methyl sites for hydroxylation is 1. The average molecular weight is 458 g/mol. The molecule has 8 nitrogen and oxygen atoms in total. The van der Waals surface area contributed by atoms with Crippen LogP contribution in [0.4, 0.5) is 5.13 Å². The summed E-state index contributed by atoms with van der Waals surface area (Å²) in [5.41, 5.74) is 2.30. The van der Waals surface area contributed by atoms with Gasteiger partial charge < -0.3 is 9.47 Å². The predicted octanol–water partition coefficient (Wildman–Crippen LogP) is 3.76. The first kappa shape index (κ1) is 22.7. The Bertz CT molecular complexity index is 1070. The monoisotopic (exact) mass is 457 g/mol. The van der Waals surface area contributed by atoms with E-state index in [1.165, 1.54) is 11.3 Å². The average Bonchev–Trinajstić information content (AvgIpc) is 3.39. The number of aromatic nitrogens is 3. The van der Waals surface area contributed by atoms with Gasteiger partial charge in [-0.2, -0.15) is 5.10 Å². The smallest absolute Gasteiger partial charge is 0.280 e. The molecule has 172 valence electrons. The van der Waals surface area contributed by atoms with Crippen molar-refractivity contribution in [1.82, 2.24) is 19.7 Å². The fraction of sp³-hybridized carbons (Fsp3) is 0.522. The van der Waals surface area contributed by atoms with E-state index in [-0.39, 0.29) is 11.9 Å². The van der Waals surface area contributed by atoms with Crippen molar-refractivity contribution in [3.63, 3.8) is 0 Å². The Morgan fingerprint density at radius 3 is 2.75 bits per heavy atom. The number of benzene rings is 1. The lowest BCUT2D eigenvalue weighted by molar-refractivity contribution is 0.0376. The van der Waals surface area contributed by atoms with Crippen LogP contribution in [0, 0.1) is 6.92 Å². The first-order valence-corrected chi connectivity index (χ1v) is 11.9. The molecule has 3 aromatic rings. The Balaban J connectivity index is 1.59. The number of anilines is 1. The molecule has 1 aliphatic rings. The first-order valence-electron chi connectivity index (χ1n) is 11.1. The number of carbonyl (C=O) groups is 1. The number of hydrogen-bond donors (Lipinski definition) is 0. The molecule has 1 saturated heterocycles. The molecule has 0 atom stereocenters. The summed E-state index contributed by atoms with van der Waals surface area (Å²) in [5, 5.41) is 5.28. The summed E-state index contributed by atoms with van der Waals surface area (Å²) in [4.78, 5) is 22.5. The maximum Gasteiger partial charge on any atom is 0.280 e. The molecule has 0 aliphatic carbocycles. The largest absolute Gasteiger partial charge is 0.497 e. The third-order valence-electron chi connectivity index (χ3n) is 5.65. The van der Waals surface area contributed by atoms with Crippen molar-refractivity contribution in [2.24, 2.45) is 0 Å². The maximum atomic E-state index is 13.6. The van der Waals surface area contributed by atoms with E-state index >= 15 is 0 Å². The Morgan fingerprint density at radius 2 is 2.06 bits per heavy atom. The van der Waals surface area contributed by atoms with Crippen molar-refractivity contribution in [1.29, 1.82) is 0 Å². The van der Waals surface area contributed by atoms with Gasteiger partial charge in [-0.1, -0.05) is 11.3 Å². The highest BCUT2D eigenvalue weighted by atomic mass is 32.1. The second-order valence-electron chi connectivity index (χ2n) is 8.30. The molecule has 0 spiro atoms. The van der Waals surface area contributed by atoms with Crippen LogP contribution in [-0.4, -0.2) is 72.1 Å². The summed E-state index contributed by atoms with van der Waals surface area (Å²) < 4.78 is 13.7. The molecule has 4 rings (SSSR count). The molecular weight excluding hydrogens is 426 g/mol. The van der Waals surface area contributed by atoms with E-state index in [4.69, 9.17) is 14.5 Å². The number of amides is 1. The van der Waals surface area contributed by atoms with Gasteiger partial charge >= 0.3 is 0 Å². The van der Waals surface area contributed by atoms with Gasteiger partial charge in [-0.3, -0.25) is 19.3 Å². The minimum atomic E-state index is -0.111. The summed E-state index contributed by atoms with van der Waals surface area (Å²) in [6.07, 6.45) is 0.856. The van der Waals surface area contributed by atoms with Crippen LogP contribution < -0.4 is 9.64 Å². The Labute approximate surface area is 192 Å². The summed E-state index contributed by atoms with van der Waals surface area (Å²) in [5.74, 6) is 0.671. The zero-order chi connectivity index (χ0) is 22.7. The van der Waals surface area contributed by atoms with E-state index in [2.05, 4.69) is 23.8 Å². The fourth-order valence-corrected chi connectivity index (χ4v) is 4.97. The fourth-order valence-electron chi connectivity index (χ4n) is 3.95. The highest BCUT2D eigenvalue weighted by molar-refractivity contribution is 7.22. The molecule has 0 unspecified atom stereocenters. The normalized spacial score (nSPS) is 14.9. The van der Waals surface area contributed by atoms with E-state index in [1.54, 1.807) is 12.0 Å². The van der Waals surface area contributed by atoms with Crippen LogP contribution in [0.1, 0.15) is 42.5 Å². The van der Waals surface area contributed by atoms with Crippen LogP contribution in [0.3, 0.4) is 0 Å². The van der Waals surface area contributed by atoms with Gasteiger partial charge in [-0.05, 0) is 51.5 Å². The molecule has 3 heterocycles. The summed E-state index contributed by atoms with van der Waals surface area (Å²) in [7, 11) is 1.65. The molecule has 1 aromatic carbocycles. The molecule has 9 heteroatoms. The topological polar surface area (TPSA) is 72.7 Å². The molecule has 32 heavy (non-hydrogen) atoms. The lowest BCUT2D eigenvalue weighted by Crippen LogP contribution is -2.39. The van der Waals surface area contributed by atoms with E-state index in [1.807, 2.05) is 35.9 Å².